The van der Waals surface area contributed by atoms with E-state index in [0.717, 1.165) is 5.69 Å². The Morgan fingerprint density at radius 2 is 2.32 bits per heavy atom. The molecule has 108 valence electrons. The van der Waals surface area contributed by atoms with Crippen LogP contribution in [0.5, 0.6) is 0 Å². The molecular formula is C12H23N5O2. The molecule has 7 nitrogen and oxygen atoms in total. The molecule has 0 atom stereocenters. The molecule has 1 heterocycles. The van der Waals surface area contributed by atoms with E-state index in [2.05, 4.69) is 20.9 Å². The molecule has 1 aromatic rings. The molecule has 1 aromatic heterocycles. The Balaban J connectivity index is 2.15. The fourth-order valence-corrected chi connectivity index (χ4v) is 1.57. The number of rotatable bonds is 9. The van der Waals surface area contributed by atoms with Crippen molar-refractivity contribution < 1.29 is 9.90 Å². The first-order valence-electron chi connectivity index (χ1n) is 6.61. The van der Waals surface area contributed by atoms with Gasteiger partial charge in [0.1, 0.15) is 0 Å². The van der Waals surface area contributed by atoms with Crippen molar-refractivity contribution in [2.45, 2.75) is 45.8 Å². The summed E-state index contributed by atoms with van der Waals surface area (Å²) >= 11 is 0. The second-order valence-electron chi connectivity index (χ2n) is 4.70. The third-order valence-electron chi connectivity index (χ3n) is 2.42. The summed E-state index contributed by atoms with van der Waals surface area (Å²) in [4.78, 5) is 11.4. The number of aromatic nitrogens is 3. The summed E-state index contributed by atoms with van der Waals surface area (Å²) in [6.07, 6.45) is 2.97. The summed E-state index contributed by atoms with van der Waals surface area (Å²) in [5, 5.41) is 22.6. The van der Waals surface area contributed by atoms with E-state index in [0.29, 0.717) is 32.5 Å². The lowest BCUT2D eigenvalue weighted by Crippen LogP contribution is -2.32. The van der Waals surface area contributed by atoms with E-state index in [9.17, 15) is 4.79 Å². The van der Waals surface area contributed by atoms with Gasteiger partial charge in [0.2, 0.25) is 5.91 Å². The molecular weight excluding hydrogens is 246 g/mol. The highest BCUT2D eigenvalue weighted by Gasteiger charge is 2.03. The molecule has 3 N–H and O–H groups in total. The highest BCUT2D eigenvalue weighted by atomic mass is 16.3. The van der Waals surface area contributed by atoms with Crippen LogP contribution >= 0.6 is 0 Å². The predicted molar refractivity (Wildman–Crippen MR) is 71.3 cm³/mol. The van der Waals surface area contributed by atoms with E-state index >= 15 is 0 Å². The van der Waals surface area contributed by atoms with E-state index in [1.54, 1.807) is 4.68 Å². The number of hydrogen-bond acceptors (Lipinski definition) is 5. The maximum atomic E-state index is 11.4. The second-order valence-corrected chi connectivity index (χ2v) is 4.70. The van der Waals surface area contributed by atoms with Crippen molar-refractivity contribution in [1.29, 1.82) is 0 Å². The Morgan fingerprint density at radius 1 is 1.53 bits per heavy atom. The van der Waals surface area contributed by atoms with Crippen molar-refractivity contribution in [3.05, 3.63) is 11.9 Å². The molecule has 1 amide bonds. The topological polar surface area (TPSA) is 92.1 Å². The summed E-state index contributed by atoms with van der Waals surface area (Å²) in [6.45, 7) is 5.90. The lowest BCUT2D eigenvalue weighted by atomic mass is 10.3. The Hall–Kier alpha value is -1.47. The van der Waals surface area contributed by atoms with Gasteiger partial charge < -0.3 is 15.7 Å². The van der Waals surface area contributed by atoms with Crippen LogP contribution in [0, 0.1) is 0 Å². The van der Waals surface area contributed by atoms with Gasteiger partial charge in [0.15, 0.2) is 0 Å². The van der Waals surface area contributed by atoms with Crippen molar-refractivity contribution >= 4 is 5.91 Å². The summed E-state index contributed by atoms with van der Waals surface area (Å²) in [5.74, 6) is 0.0501. The van der Waals surface area contributed by atoms with E-state index in [4.69, 9.17) is 5.11 Å². The first-order valence-corrected chi connectivity index (χ1v) is 6.61. The number of hydrogen-bond donors (Lipinski definition) is 3. The van der Waals surface area contributed by atoms with Crippen molar-refractivity contribution in [3.63, 3.8) is 0 Å². The van der Waals surface area contributed by atoms with Gasteiger partial charge in [-0.3, -0.25) is 9.48 Å². The molecule has 0 aliphatic rings. The van der Waals surface area contributed by atoms with Crippen molar-refractivity contribution in [3.8, 4) is 0 Å². The maximum Gasteiger partial charge on any atom is 0.221 e. The maximum absolute atomic E-state index is 11.4. The van der Waals surface area contributed by atoms with Crippen LogP contribution in [0.3, 0.4) is 0 Å². The molecule has 0 bridgehead atoms. The summed E-state index contributed by atoms with van der Waals surface area (Å²) in [6, 6.07) is 0.180. The average molecular weight is 269 g/mol. The molecule has 0 unspecified atom stereocenters. The van der Waals surface area contributed by atoms with Gasteiger partial charge in [-0.05, 0) is 20.3 Å². The zero-order valence-corrected chi connectivity index (χ0v) is 11.6. The van der Waals surface area contributed by atoms with Crippen molar-refractivity contribution in [2.75, 3.05) is 13.2 Å². The molecule has 19 heavy (non-hydrogen) atoms. The molecule has 0 spiro atoms. The Labute approximate surface area is 113 Å². The molecule has 0 aromatic carbocycles. The third-order valence-corrected chi connectivity index (χ3v) is 2.42. The molecule has 0 radical (unpaired) electrons. The van der Waals surface area contributed by atoms with Gasteiger partial charge in [-0.15, -0.1) is 5.10 Å². The second kappa shape index (κ2) is 8.60. The quantitative estimate of drug-likeness (QED) is 0.534. The van der Waals surface area contributed by atoms with Crippen LogP contribution in [0.2, 0.25) is 0 Å². The molecule has 0 aliphatic heterocycles. The van der Waals surface area contributed by atoms with Crippen LogP contribution in [-0.4, -0.2) is 45.2 Å². The van der Waals surface area contributed by atoms with Gasteiger partial charge in [-0.25, -0.2) is 0 Å². The largest absolute Gasteiger partial charge is 0.396 e. The minimum atomic E-state index is 0.0501. The molecule has 0 saturated carbocycles. The van der Waals surface area contributed by atoms with E-state index in [1.165, 1.54) is 0 Å². The van der Waals surface area contributed by atoms with E-state index in [1.807, 2.05) is 20.0 Å². The van der Waals surface area contributed by atoms with Gasteiger partial charge in [0, 0.05) is 44.9 Å². The van der Waals surface area contributed by atoms with Crippen LogP contribution in [0.4, 0.5) is 0 Å². The minimum Gasteiger partial charge on any atom is -0.396 e. The lowest BCUT2D eigenvalue weighted by molar-refractivity contribution is -0.121. The average Bonchev–Trinajstić information content (AvgIpc) is 2.79. The summed E-state index contributed by atoms with van der Waals surface area (Å²) in [5.41, 5.74) is 0.835. The third kappa shape index (κ3) is 6.88. The van der Waals surface area contributed by atoms with Crippen LogP contribution in [0.25, 0.3) is 0 Å². The first-order chi connectivity index (χ1) is 9.11. The van der Waals surface area contributed by atoms with Crippen LogP contribution in [0.15, 0.2) is 6.20 Å². The number of amides is 1. The number of aliphatic hydroxyl groups excluding tert-OH is 1. The van der Waals surface area contributed by atoms with E-state index in [-0.39, 0.29) is 18.6 Å². The molecule has 7 heteroatoms. The van der Waals surface area contributed by atoms with Crippen LogP contribution < -0.4 is 10.6 Å². The van der Waals surface area contributed by atoms with Gasteiger partial charge >= 0.3 is 0 Å². The standard InChI is InChI=1S/C12H23N5O2/c1-10(2)14-12(19)4-5-13-8-11-9-17(16-15-11)6-3-7-18/h9-10,13,18H,3-8H2,1-2H3,(H,14,19). The highest BCUT2D eigenvalue weighted by molar-refractivity contribution is 5.76. The smallest absolute Gasteiger partial charge is 0.221 e. The number of nitrogens with one attached hydrogen (secondary N) is 2. The van der Waals surface area contributed by atoms with Crippen LogP contribution in [-0.2, 0) is 17.9 Å². The molecule has 0 fully saturated rings. The predicted octanol–water partition coefficient (Wildman–Crippen LogP) is -0.335. The highest BCUT2D eigenvalue weighted by Crippen LogP contribution is 1.94. The van der Waals surface area contributed by atoms with Gasteiger partial charge in [-0.1, -0.05) is 5.21 Å². The Kier molecular flexibility index (Phi) is 7.06. The molecule has 1 rings (SSSR count). The monoisotopic (exact) mass is 269 g/mol. The summed E-state index contributed by atoms with van der Waals surface area (Å²) in [7, 11) is 0. The Bertz CT molecular complexity index is 378. The zero-order chi connectivity index (χ0) is 14.1. The molecule has 0 aliphatic carbocycles. The fourth-order valence-electron chi connectivity index (χ4n) is 1.57. The van der Waals surface area contributed by atoms with Crippen molar-refractivity contribution in [1.82, 2.24) is 25.6 Å². The minimum absolute atomic E-state index is 0.0501. The number of aryl methyl sites for hydroxylation is 1. The van der Waals surface area contributed by atoms with Gasteiger partial charge in [-0.2, -0.15) is 0 Å². The van der Waals surface area contributed by atoms with Gasteiger partial charge in [0.25, 0.3) is 0 Å². The van der Waals surface area contributed by atoms with Gasteiger partial charge in [0.05, 0.1) is 5.69 Å². The fraction of sp³-hybridized carbons (Fsp3) is 0.750. The Morgan fingerprint density at radius 3 is 3.00 bits per heavy atom. The number of carbonyl (C=O) groups is 1. The first kappa shape index (κ1) is 15.6. The number of aliphatic hydroxyl groups is 1. The zero-order valence-electron chi connectivity index (χ0n) is 11.6. The number of carbonyl (C=O) groups excluding carboxylic acids is 1. The lowest BCUT2D eigenvalue weighted by Gasteiger charge is -2.08. The summed E-state index contributed by atoms with van der Waals surface area (Å²) < 4.78 is 1.71. The SMILES string of the molecule is CC(C)NC(=O)CCNCc1cn(CCCO)nn1. The van der Waals surface area contributed by atoms with Crippen molar-refractivity contribution in [2.24, 2.45) is 0 Å². The normalized spacial score (nSPS) is 10.9. The number of nitrogens with zero attached hydrogens (tertiary/aromatic N) is 3. The molecule has 0 saturated heterocycles. The van der Waals surface area contributed by atoms with Crippen LogP contribution in [0.1, 0.15) is 32.4 Å². The van der Waals surface area contributed by atoms with E-state index < -0.39 is 0 Å².